The fraction of sp³-hybridized carbons (Fsp3) is 0.467. The van der Waals surface area contributed by atoms with E-state index in [0.717, 1.165) is 3.79 Å². The van der Waals surface area contributed by atoms with Gasteiger partial charge in [-0.1, -0.05) is 7.43 Å². The molecule has 0 saturated carbocycles. The first-order chi connectivity index (χ1) is 13.4. The summed E-state index contributed by atoms with van der Waals surface area (Å²) in [5.74, 6) is 0.940. The van der Waals surface area contributed by atoms with Crippen LogP contribution in [0.1, 0.15) is 20.3 Å². The number of hydrogen-bond acceptors (Lipinski definition) is 6. The molecule has 171 valence electrons. The van der Waals surface area contributed by atoms with Gasteiger partial charge in [-0.2, -0.15) is 26.3 Å². The third-order valence-electron chi connectivity index (χ3n) is 2.42. The van der Waals surface area contributed by atoms with Crippen LogP contribution in [0.2, 0.25) is 0 Å². The third kappa shape index (κ3) is 18.5. The molecule has 0 aliphatic carbocycles. The van der Waals surface area contributed by atoms with E-state index in [1.165, 1.54) is 22.7 Å². The normalized spacial score (nSPS) is 10.5. The Kier molecular flexibility index (Phi) is 17.5. The molecule has 3 nitrogen and oxygen atoms in total. The van der Waals surface area contributed by atoms with Gasteiger partial charge in [-0.25, -0.2) is 0 Å². The Balaban J connectivity index is 0. The van der Waals surface area contributed by atoms with Crippen LogP contribution >= 0.6 is 67.3 Å². The maximum absolute atomic E-state index is 11.8. The molecule has 0 aromatic carbocycles. The van der Waals surface area contributed by atoms with Crippen molar-refractivity contribution in [3.05, 3.63) is 30.5 Å². The summed E-state index contributed by atoms with van der Waals surface area (Å²) in [5.41, 5.74) is 0. The van der Waals surface area contributed by atoms with Gasteiger partial charge in [0.15, 0.2) is 0 Å². The molecule has 2 heterocycles. The molecule has 0 aliphatic heterocycles. The summed E-state index contributed by atoms with van der Waals surface area (Å²) in [4.78, 5) is 0. The van der Waals surface area contributed by atoms with E-state index in [4.69, 9.17) is 9.47 Å². The van der Waals surface area contributed by atoms with E-state index in [1.807, 2.05) is 0 Å². The van der Waals surface area contributed by atoms with Crippen LogP contribution in [0.3, 0.4) is 0 Å². The number of thiophene rings is 2. The van der Waals surface area contributed by atoms with Gasteiger partial charge in [-0.05, 0) is 43.3 Å². The molecule has 0 spiro atoms. The summed E-state index contributed by atoms with van der Waals surface area (Å²) in [5, 5.41) is 3.42. The molecular weight excluding hydrogens is 607 g/mol. The van der Waals surface area contributed by atoms with Crippen LogP contribution in [0, 0.1) is 0 Å². The van der Waals surface area contributed by atoms with E-state index in [0.29, 0.717) is 15.3 Å². The monoisotopic (exact) mass is 622 g/mol. The summed E-state index contributed by atoms with van der Waals surface area (Å²) in [6.45, 7) is -0.661. The molecule has 0 saturated heterocycles. The standard InChI is InChI=1S/C7H5Br2F3OS.C7H7F3OS.CH4.BHNS/c8-5-3-4(6(9)14-5)13-2-1-7(10,11)12;8-7(9,10)2-3-11-6-1-4-12-5-6;;1-2-3/h3H,1-2H2;1,4-5H,2-3H2;1H4;3H. The molecule has 30 heavy (non-hydrogen) atoms. The quantitative estimate of drug-likeness (QED) is 0.199. The molecule has 0 fully saturated rings. The first-order valence-corrected chi connectivity index (χ1v) is 11.0. The average molecular weight is 624 g/mol. The molecule has 0 N–H and O–H groups in total. The van der Waals surface area contributed by atoms with Crippen LogP contribution in [-0.4, -0.2) is 33.2 Å². The summed E-state index contributed by atoms with van der Waals surface area (Å²) < 4.78 is 84.1. The van der Waals surface area contributed by atoms with Gasteiger partial charge >= 0.3 is 37.1 Å². The van der Waals surface area contributed by atoms with Crippen LogP contribution in [0.5, 0.6) is 11.5 Å². The molecule has 2 rings (SSSR count). The van der Waals surface area contributed by atoms with Crippen LogP contribution in [0.4, 0.5) is 26.3 Å². The number of alkyl halides is 6. The van der Waals surface area contributed by atoms with Crippen LogP contribution in [0.25, 0.3) is 0 Å². The van der Waals surface area contributed by atoms with E-state index in [1.54, 1.807) is 22.9 Å². The van der Waals surface area contributed by atoms with Crippen molar-refractivity contribution in [2.24, 2.45) is 4.30 Å². The van der Waals surface area contributed by atoms with Gasteiger partial charge < -0.3 is 9.47 Å². The Morgan fingerprint density at radius 1 is 1.03 bits per heavy atom. The zero-order valence-electron chi connectivity index (χ0n) is 14.3. The Bertz CT molecular complexity index is 700. The predicted octanol–water partition coefficient (Wildman–Crippen LogP) is 8.50. The molecule has 2 aromatic rings. The second-order valence-electron chi connectivity index (χ2n) is 4.69. The van der Waals surface area contributed by atoms with Crippen LogP contribution < -0.4 is 9.47 Å². The van der Waals surface area contributed by atoms with Crippen molar-refractivity contribution in [2.45, 2.75) is 32.6 Å². The number of halogens is 8. The van der Waals surface area contributed by atoms with Gasteiger partial charge in [0, 0.05) is 11.4 Å². The maximum atomic E-state index is 11.8. The van der Waals surface area contributed by atoms with Crippen molar-refractivity contribution in [3.8, 4) is 11.5 Å². The van der Waals surface area contributed by atoms with Crippen molar-refractivity contribution < 1.29 is 35.8 Å². The molecule has 0 amide bonds. The number of rotatable bonds is 6. The van der Waals surface area contributed by atoms with Gasteiger partial charge in [-0.3, -0.25) is 0 Å². The fourth-order valence-electron chi connectivity index (χ4n) is 1.32. The number of nitrogens with zero attached hydrogens (tertiary/aromatic N) is 1. The van der Waals surface area contributed by atoms with E-state index >= 15 is 0 Å². The van der Waals surface area contributed by atoms with Crippen molar-refractivity contribution >= 4 is 75.0 Å². The Hall–Kier alpha value is -0.245. The van der Waals surface area contributed by atoms with Crippen LogP contribution in [-0.2, 0) is 0 Å². The minimum absolute atomic E-state index is 0. The van der Waals surface area contributed by atoms with E-state index in [9.17, 15) is 26.3 Å². The first-order valence-electron chi connectivity index (χ1n) is 7.28. The van der Waals surface area contributed by atoms with Gasteiger partial charge in [0.1, 0.15) is 15.3 Å². The summed E-state index contributed by atoms with van der Waals surface area (Å²) in [7, 11) is 4.34. The number of ether oxygens (including phenoxy) is 2. The van der Waals surface area contributed by atoms with Gasteiger partial charge in [0.05, 0.1) is 29.8 Å². The van der Waals surface area contributed by atoms with Crippen molar-refractivity contribution in [2.75, 3.05) is 13.2 Å². The van der Waals surface area contributed by atoms with Crippen molar-refractivity contribution in [1.82, 2.24) is 0 Å². The van der Waals surface area contributed by atoms with Gasteiger partial charge in [0.25, 0.3) is 0 Å². The van der Waals surface area contributed by atoms with Gasteiger partial charge in [0.2, 0.25) is 0 Å². The molecule has 0 atom stereocenters. The molecular formula is C15H17BBr2F6NO2S3. The molecule has 1 radical (unpaired) electrons. The summed E-state index contributed by atoms with van der Waals surface area (Å²) in [6, 6.07) is 3.27. The zero-order valence-corrected chi connectivity index (χ0v) is 20.0. The second kappa shape index (κ2) is 16.4. The number of thiol groups is 1. The Morgan fingerprint density at radius 2 is 1.53 bits per heavy atom. The zero-order chi connectivity index (χ0) is 22.5. The topological polar surface area (TPSA) is 30.8 Å². The third-order valence-corrected chi connectivity index (χ3v) is 5.36. The molecule has 0 aliphatic rings. The second-order valence-corrected chi connectivity index (χ2v) is 9.45. The molecule has 15 heteroatoms. The molecule has 0 unspecified atom stereocenters. The summed E-state index contributed by atoms with van der Waals surface area (Å²) >= 11 is 12.3. The number of hydrogen-bond donors (Lipinski definition) is 1. The molecule has 0 bridgehead atoms. The van der Waals surface area contributed by atoms with Crippen molar-refractivity contribution in [1.29, 1.82) is 0 Å². The van der Waals surface area contributed by atoms with E-state index in [2.05, 4.69) is 56.6 Å². The van der Waals surface area contributed by atoms with E-state index in [-0.39, 0.29) is 20.6 Å². The van der Waals surface area contributed by atoms with Crippen LogP contribution in [0.15, 0.2) is 34.8 Å². The van der Waals surface area contributed by atoms with E-state index < -0.39 is 25.2 Å². The first kappa shape index (κ1) is 31.9. The Morgan fingerprint density at radius 3 is 1.90 bits per heavy atom. The predicted molar refractivity (Wildman–Crippen MR) is 120 cm³/mol. The average Bonchev–Trinajstić information content (AvgIpc) is 3.16. The Labute approximate surface area is 202 Å². The summed E-state index contributed by atoms with van der Waals surface area (Å²) in [6.07, 6.45) is -10.1. The fourth-order valence-corrected chi connectivity index (χ4v) is 4.54. The van der Waals surface area contributed by atoms with Gasteiger partial charge in [-0.15, -0.1) is 22.7 Å². The SMILES string of the molecule is C.FC(F)(F)CCOc1cc(Br)sc1Br.FC(F)(F)CCOc1ccsc1.[B]=NS. The minimum atomic E-state index is -4.17. The van der Waals surface area contributed by atoms with Crippen molar-refractivity contribution in [3.63, 3.8) is 0 Å². The molecule has 2 aromatic heterocycles.